The maximum atomic E-state index is 12.9. The molecule has 2 aliphatic heterocycles. The van der Waals surface area contributed by atoms with Gasteiger partial charge in [0.15, 0.2) is 0 Å². The fourth-order valence-electron chi connectivity index (χ4n) is 4.25. The number of carbonyl (C=O) groups excluding carboxylic acids is 1. The zero-order valence-corrected chi connectivity index (χ0v) is 17.4. The minimum Gasteiger partial charge on any atom is -0.340 e. The maximum absolute atomic E-state index is 12.9. The van der Waals surface area contributed by atoms with Gasteiger partial charge in [-0.3, -0.25) is 4.79 Å². The lowest BCUT2D eigenvalue weighted by atomic mass is 9.96. The fraction of sp³-hybridized carbons (Fsp3) is 0.941. The number of rotatable bonds is 5. The van der Waals surface area contributed by atoms with Gasteiger partial charge in [0.05, 0.1) is 0 Å². The summed E-state index contributed by atoms with van der Waals surface area (Å²) in [5.74, 6) is 0.150. The van der Waals surface area contributed by atoms with E-state index in [-0.39, 0.29) is 24.4 Å². The van der Waals surface area contributed by atoms with E-state index >= 15 is 0 Å². The summed E-state index contributed by atoms with van der Waals surface area (Å²) in [6.07, 6.45) is 8.09. The van der Waals surface area contributed by atoms with Crippen LogP contribution in [0.3, 0.4) is 0 Å². The molecule has 0 aromatic carbocycles. The third-order valence-electron chi connectivity index (χ3n) is 5.95. The molecule has 0 spiro atoms. The minimum absolute atomic E-state index is 0. The molecule has 2 heterocycles. The first-order chi connectivity index (χ1) is 12.0. The van der Waals surface area contributed by atoms with E-state index in [0.717, 1.165) is 45.1 Å². The molecule has 0 bridgehead atoms. The molecule has 3 fully saturated rings. The number of halogens is 1. The molecule has 152 valence electrons. The summed E-state index contributed by atoms with van der Waals surface area (Å²) in [5, 5.41) is 3.35. The smallest absolute Gasteiger partial charge is 0.282 e. The van der Waals surface area contributed by atoms with Gasteiger partial charge in [0, 0.05) is 51.7 Å². The van der Waals surface area contributed by atoms with Gasteiger partial charge in [0.1, 0.15) is 0 Å². The first-order valence-corrected chi connectivity index (χ1v) is 11.1. The monoisotopic (exact) mass is 408 g/mol. The molecule has 9 heteroatoms. The van der Waals surface area contributed by atoms with Crippen LogP contribution in [0, 0.1) is 0 Å². The molecule has 1 saturated carbocycles. The molecule has 1 N–H and O–H groups in total. The molecular formula is C17H33ClN4O3S. The van der Waals surface area contributed by atoms with Crippen molar-refractivity contribution in [2.45, 2.75) is 63.5 Å². The van der Waals surface area contributed by atoms with Crippen LogP contribution in [-0.2, 0) is 15.0 Å². The normalized spacial score (nSPS) is 26.1. The Bertz CT molecular complexity index is 554. The average molecular weight is 409 g/mol. The summed E-state index contributed by atoms with van der Waals surface area (Å²) >= 11 is 0. The summed E-state index contributed by atoms with van der Waals surface area (Å²) in [6.45, 7) is 2.82. The Balaban J connectivity index is 0.00000243. The van der Waals surface area contributed by atoms with Crippen LogP contribution in [0.15, 0.2) is 0 Å². The molecule has 26 heavy (non-hydrogen) atoms. The van der Waals surface area contributed by atoms with Crippen LogP contribution in [0.4, 0.5) is 0 Å². The second kappa shape index (κ2) is 9.68. The van der Waals surface area contributed by atoms with E-state index in [1.807, 2.05) is 4.90 Å². The number of amides is 1. The van der Waals surface area contributed by atoms with E-state index in [0.29, 0.717) is 38.6 Å². The van der Waals surface area contributed by atoms with E-state index in [4.69, 9.17) is 0 Å². The number of nitrogens with one attached hydrogen (secondary N) is 1. The van der Waals surface area contributed by atoms with Crippen molar-refractivity contribution in [3.05, 3.63) is 0 Å². The molecule has 3 rings (SSSR count). The largest absolute Gasteiger partial charge is 0.340 e. The Labute approximate surface area is 164 Å². The standard InChI is InChI=1S/C17H32N4O3S.ClH/c1-19(16-7-3-2-4-8-16)25(23,24)21-12-10-20(11-13-21)17(22)14-15-6-5-9-18-15;/h15-16,18H,2-14H2,1H3;1H. The summed E-state index contributed by atoms with van der Waals surface area (Å²) in [5.41, 5.74) is 0. The minimum atomic E-state index is -3.42. The number of carbonyl (C=O) groups is 1. The first-order valence-electron chi connectivity index (χ1n) is 9.73. The van der Waals surface area contributed by atoms with Crippen LogP contribution in [-0.4, -0.2) is 79.7 Å². The molecule has 1 aliphatic carbocycles. The summed E-state index contributed by atoms with van der Waals surface area (Å²) in [6, 6.07) is 0.429. The summed E-state index contributed by atoms with van der Waals surface area (Å²) in [7, 11) is -1.70. The van der Waals surface area contributed by atoms with Gasteiger partial charge in [-0.1, -0.05) is 19.3 Å². The van der Waals surface area contributed by atoms with Crippen LogP contribution in [0.1, 0.15) is 51.4 Å². The molecule has 3 aliphatic rings. The predicted octanol–water partition coefficient (Wildman–Crippen LogP) is 1.20. The lowest BCUT2D eigenvalue weighted by molar-refractivity contribution is -0.132. The van der Waals surface area contributed by atoms with Gasteiger partial charge in [0.25, 0.3) is 10.2 Å². The SMILES string of the molecule is CN(C1CCCCC1)S(=O)(=O)N1CCN(C(=O)CC2CCCN2)CC1.Cl. The highest BCUT2D eigenvalue weighted by molar-refractivity contribution is 7.86. The van der Waals surface area contributed by atoms with Crippen molar-refractivity contribution in [1.82, 2.24) is 18.8 Å². The Morgan fingerprint density at radius 3 is 2.27 bits per heavy atom. The van der Waals surface area contributed by atoms with Gasteiger partial charge < -0.3 is 10.2 Å². The first kappa shape index (κ1) is 21.9. The molecular weight excluding hydrogens is 376 g/mol. The topological polar surface area (TPSA) is 73.0 Å². The Kier molecular flexibility index (Phi) is 8.15. The molecule has 0 aromatic heterocycles. The zero-order valence-electron chi connectivity index (χ0n) is 15.7. The van der Waals surface area contributed by atoms with E-state index in [1.165, 1.54) is 6.42 Å². The highest BCUT2D eigenvalue weighted by Gasteiger charge is 2.35. The van der Waals surface area contributed by atoms with Crippen molar-refractivity contribution < 1.29 is 13.2 Å². The van der Waals surface area contributed by atoms with Crippen LogP contribution in [0.25, 0.3) is 0 Å². The predicted molar refractivity (Wildman–Crippen MR) is 105 cm³/mol. The van der Waals surface area contributed by atoms with Crippen molar-refractivity contribution in [2.75, 3.05) is 39.8 Å². The van der Waals surface area contributed by atoms with Gasteiger partial charge in [-0.2, -0.15) is 17.0 Å². The van der Waals surface area contributed by atoms with Crippen LogP contribution >= 0.6 is 12.4 Å². The lowest BCUT2D eigenvalue weighted by Gasteiger charge is -2.39. The number of nitrogens with zero attached hydrogens (tertiary/aromatic N) is 3. The second-order valence-electron chi connectivity index (χ2n) is 7.59. The maximum Gasteiger partial charge on any atom is 0.282 e. The van der Waals surface area contributed by atoms with Crippen LogP contribution in [0.2, 0.25) is 0 Å². The van der Waals surface area contributed by atoms with Crippen LogP contribution in [0.5, 0.6) is 0 Å². The van der Waals surface area contributed by atoms with Crippen LogP contribution < -0.4 is 5.32 Å². The van der Waals surface area contributed by atoms with E-state index in [9.17, 15) is 13.2 Å². The van der Waals surface area contributed by atoms with E-state index in [1.54, 1.807) is 15.7 Å². The third-order valence-corrected chi connectivity index (χ3v) is 8.00. The quantitative estimate of drug-likeness (QED) is 0.741. The lowest BCUT2D eigenvalue weighted by Crippen LogP contribution is -2.55. The van der Waals surface area contributed by atoms with E-state index in [2.05, 4.69) is 5.32 Å². The van der Waals surface area contributed by atoms with Gasteiger partial charge in [-0.15, -0.1) is 12.4 Å². The summed E-state index contributed by atoms with van der Waals surface area (Å²) < 4.78 is 28.9. The van der Waals surface area contributed by atoms with Crippen molar-refractivity contribution in [2.24, 2.45) is 0 Å². The highest BCUT2D eigenvalue weighted by atomic mass is 35.5. The molecule has 1 atom stereocenters. The molecule has 1 unspecified atom stereocenters. The van der Waals surface area contributed by atoms with Crippen molar-refractivity contribution in [3.8, 4) is 0 Å². The molecule has 0 aromatic rings. The Morgan fingerprint density at radius 2 is 1.69 bits per heavy atom. The highest BCUT2D eigenvalue weighted by Crippen LogP contribution is 2.25. The fourth-order valence-corrected chi connectivity index (χ4v) is 5.83. The zero-order chi connectivity index (χ0) is 17.9. The molecule has 1 amide bonds. The van der Waals surface area contributed by atoms with Gasteiger partial charge >= 0.3 is 0 Å². The Hall–Kier alpha value is -0.410. The van der Waals surface area contributed by atoms with Gasteiger partial charge in [-0.05, 0) is 32.2 Å². The Morgan fingerprint density at radius 1 is 1.04 bits per heavy atom. The number of hydrogen-bond acceptors (Lipinski definition) is 4. The van der Waals surface area contributed by atoms with Gasteiger partial charge in [-0.25, -0.2) is 0 Å². The molecule has 7 nitrogen and oxygen atoms in total. The van der Waals surface area contributed by atoms with Crippen molar-refractivity contribution in [1.29, 1.82) is 0 Å². The summed E-state index contributed by atoms with van der Waals surface area (Å²) in [4.78, 5) is 14.2. The van der Waals surface area contributed by atoms with Crippen molar-refractivity contribution >= 4 is 28.5 Å². The van der Waals surface area contributed by atoms with Crippen molar-refractivity contribution in [3.63, 3.8) is 0 Å². The second-order valence-corrected chi connectivity index (χ2v) is 9.58. The molecule has 2 saturated heterocycles. The number of piperazine rings is 1. The number of hydrogen-bond donors (Lipinski definition) is 1. The third kappa shape index (κ3) is 5.10. The van der Waals surface area contributed by atoms with E-state index < -0.39 is 10.2 Å². The van der Waals surface area contributed by atoms with Gasteiger partial charge in [0.2, 0.25) is 5.91 Å². The molecule has 0 radical (unpaired) electrons. The average Bonchev–Trinajstić information content (AvgIpc) is 3.15.